The van der Waals surface area contributed by atoms with E-state index in [-0.39, 0.29) is 5.97 Å². The molecule has 0 spiro atoms. The lowest BCUT2D eigenvalue weighted by molar-refractivity contribution is 0.0406. The Labute approximate surface area is 106 Å². The van der Waals surface area contributed by atoms with E-state index < -0.39 is 0 Å². The number of nitrogens with one attached hydrogen (secondary N) is 1. The number of hydrogen-bond donors (Lipinski definition) is 1. The molecule has 2 fully saturated rings. The summed E-state index contributed by atoms with van der Waals surface area (Å²) in [5.74, 6) is 2.08. The van der Waals surface area contributed by atoms with Crippen LogP contribution in [0.4, 0.5) is 0 Å². The molecule has 0 saturated heterocycles. The monoisotopic (exact) mass is 244 g/mol. The second-order valence-corrected chi connectivity index (χ2v) is 5.45. The number of aromatic amines is 1. The normalized spacial score (nSPS) is 29.2. The fraction of sp³-hybridized carbons (Fsp3) is 0.571. The molecule has 18 heavy (non-hydrogen) atoms. The smallest absolute Gasteiger partial charge is 0.339 e. The molecular weight excluding hydrogens is 228 g/mol. The van der Waals surface area contributed by atoms with Crippen molar-refractivity contribution in [1.82, 2.24) is 4.98 Å². The SMILES string of the molecule is N#Cc1cc(C(=O)OCC2CCC3CC3C2)c[nH]1. The minimum atomic E-state index is -0.328. The maximum atomic E-state index is 11.8. The molecule has 94 valence electrons. The fourth-order valence-electron chi connectivity index (χ4n) is 2.95. The van der Waals surface area contributed by atoms with Crippen LogP contribution in [0.1, 0.15) is 41.7 Å². The van der Waals surface area contributed by atoms with Crippen LogP contribution in [0.3, 0.4) is 0 Å². The standard InChI is InChI=1S/C14H16N2O2/c15-6-13-5-12(7-16-13)14(17)18-8-9-1-2-10-4-11(10)3-9/h5,7,9-11,16H,1-4,8H2. The predicted molar refractivity (Wildman–Crippen MR) is 64.7 cm³/mol. The molecular formula is C14H16N2O2. The van der Waals surface area contributed by atoms with Gasteiger partial charge in [-0.1, -0.05) is 0 Å². The first-order chi connectivity index (χ1) is 8.76. The first-order valence-electron chi connectivity index (χ1n) is 6.52. The van der Waals surface area contributed by atoms with Gasteiger partial charge in [0.05, 0.1) is 12.2 Å². The Morgan fingerprint density at radius 3 is 3.06 bits per heavy atom. The number of nitriles is 1. The molecule has 3 rings (SSSR count). The summed E-state index contributed by atoms with van der Waals surface area (Å²) < 4.78 is 5.32. The van der Waals surface area contributed by atoms with Crippen molar-refractivity contribution >= 4 is 5.97 Å². The van der Waals surface area contributed by atoms with Crippen molar-refractivity contribution in [1.29, 1.82) is 5.26 Å². The summed E-state index contributed by atoms with van der Waals surface area (Å²) in [6, 6.07) is 3.48. The van der Waals surface area contributed by atoms with Crippen molar-refractivity contribution in [2.45, 2.75) is 25.7 Å². The average Bonchev–Trinajstić information content (AvgIpc) is 3.00. The third kappa shape index (κ3) is 2.26. The van der Waals surface area contributed by atoms with E-state index in [1.807, 2.05) is 6.07 Å². The van der Waals surface area contributed by atoms with Gasteiger partial charge in [-0.05, 0) is 49.5 Å². The number of ether oxygens (including phenoxy) is 1. The molecule has 0 amide bonds. The maximum Gasteiger partial charge on any atom is 0.339 e. The van der Waals surface area contributed by atoms with Crippen LogP contribution in [0.15, 0.2) is 12.3 Å². The van der Waals surface area contributed by atoms with Gasteiger partial charge in [-0.2, -0.15) is 5.26 Å². The van der Waals surface area contributed by atoms with Crippen molar-refractivity contribution < 1.29 is 9.53 Å². The number of H-pyrrole nitrogens is 1. The van der Waals surface area contributed by atoms with Gasteiger partial charge >= 0.3 is 5.97 Å². The van der Waals surface area contributed by atoms with Crippen LogP contribution in [-0.4, -0.2) is 17.6 Å². The van der Waals surface area contributed by atoms with Crippen molar-refractivity contribution in [2.75, 3.05) is 6.61 Å². The summed E-state index contributed by atoms with van der Waals surface area (Å²) in [7, 11) is 0. The van der Waals surface area contributed by atoms with Gasteiger partial charge in [-0.25, -0.2) is 4.79 Å². The van der Waals surface area contributed by atoms with E-state index >= 15 is 0 Å². The minimum Gasteiger partial charge on any atom is -0.462 e. The van der Waals surface area contributed by atoms with Crippen LogP contribution in [0.25, 0.3) is 0 Å². The summed E-state index contributed by atoms with van der Waals surface area (Å²) >= 11 is 0. The molecule has 3 atom stereocenters. The van der Waals surface area contributed by atoms with Gasteiger partial charge in [-0.15, -0.1) is 0 Å². The van der Waals surface area contributed by atoms with Crippen LogP contribution >= 0.6 is 0 Å². The van der Waals surface area contributed by atoms with Crippen molar-refractivity contribution in [3.63, 3.8) is 0 Å². The molecule has 1 aromatic heterocycles. The Bertz CT molecular complexity index is 500. The zero-order chi connectivity index (χ0) is 12.5. The van der Waals surface area contributed by atoms with E-state index in [9.17, 15) is 4.79 Å². The van der Waals surface area contributed by atoms with E-state index in [4.69, 9.17) is 10.00 Å². The van der Waals surface area contributed by atoms with Gasteiger partial charge in [-0.3, -0.25) is 0 Å². The molecule has 2 saturated carbocycles. The van der Waals surface area contributed by atoms with Crippen molar-refractivity contribution in [3.05, 3.63) is 23.5 Å². The Kier molecular flexibility index (Phi) is 2.83. The van der Waals surface area contributed by atoms with Gasteiger partial charge in [0, 0.05) is 6.20 Å². The van der Waals surface area contributed by atoms with E-state index in [1.54, 1.807) is 0 Å². The van der Waals surface area contributed by atoms with Crippen LogP contribution < -0.4 is 0 Å². The molecule has 0 bridgehead atoms. The van der Waals surface area contributed by atoms with Crippen LogP contribution in [0, 0.1) is 29.1 Å². The van der Waals surface area contributed by atoms with Gasteiger partial charge in [0.15, 0.2) is 0 Å². The number of hydrogen-bond acceptors (Lipinski definition) is 3. The van der Waals surface area contributed by atoms with E-state index in [0.29, 0.717) is 23.8 Å². The van der Waals surface area contributed by atoms with Crippen molar-refractivity contribution in [2.24, 2.45) is 17.8 Å². The second kappa shape index (κ2) is 4.49. The average molecular weight is 244 g/mol. The molecule has 2 aliphatic carbocycles. The second-order valence-electron chi connectivity index (χ2n) is 5.45. The third-order valence-electron chi connectivity index (χ3n) is 4.14. The zero-order valence-electron chi connectivity index (χ0n) is 10.2. The number of esters is 1. The Hall–Kier alpha value is -1.76. The largest absolute Gasteiger partial charge is 0.462 e. The number of carbonyl (C=O) groups is 1. The number of nitrogens with zero attached hydrogens (tertiary/aromatic N) is 1. The lowest BCUT2D eigenvalue weighted by Crippen LogP contribution is -2.17. The van der Waals surface area contributed by atoms with E-state index in [0.717, 1.165) is 11.8 Å². The highest BCUT2D eigenvalue weighted by Gasteiger charge is 2.42. The summed E-state index contributed by atoms with van der Waals surface area (Å²) in [6.07, 6.45) is 6.61. The number of rotatable bonds is 3. The molecule has 1 heterocycles. The quantitative estimate of drug-likeness (QED) is 0.831. The highest BCUT2D eigenvalue weighted by atomic mass is 16.5. The third-order valence-corrected chi connectivity index (χ3v) is 4.14. The van der Waals surface area contributed by atoms with Gasteiger partial charge < -0.3 is 9.72 Å². The van der Waals surface area contributed by atoms with E-state index in [1.165, 1.54) is 37.9 Å². The molecule has 0 aliphatic heterocycles. The summed E-state index contributed by atoms with van der Waals surface area (Å²) in [5.41, 5.74) is 0.826. The summed E-state index contributed by atoms with van der Waals surface area (Å²) in [4.78, 5) is 14.5. The molecule has 1 aromatic rings. The predicted octanol–water partition coefficient (Wildman–Crippen LogP) is 2.48. The van der Waals surface area contributed by atoms with E-state index in [2.05, 4.69) is 4.98 Å². The maximum absolute atomic E-state index is 11.8. The Morgan fingerprint density at radius 1 is 1.44 bits per heavy atom. The van der Waals surface area contributed by atoms with Crippen LogP contribution in [-0.2, 0) is 4.74 Å². The van der Waals surface area contributed by atoms with Crippen molar-refractivity contribution in [3.8, 4) is 6.07 Å². The summed E-state index contributed by atoms with van der Waals surface area (Å²) in [5, 5.41) is 8.67. The van der Waals surface area contributed by atoms with Crippen LogP contribution in [0.2, 0.25) is 0 Å². The lowest BCUT2D eigenvalue weighted by atomic mass is 9.90. The molecule has 0 radical (unpaired) electrons. The topological polar surface area (TPSA) is 65.9 Å². The number of aromatic nitrogens is 1. The first kappa shape index (κ1) is 11.3. The Balaban J connectivity index is 1.50. The van der Waals surface area contributed by atoms with Crippen LogP contribution in [0.5, 0.6) is 0 Å². The highest BCUT2D eigenvalue weighted by Crippen LogP contribution is 2.51. The fourth-order valence-corrected chi connectivity index (χ4v) is 2.95. The molecule has 4 heteroatoms. The highest BCUT2D eigenvalue weighted by molar-refractivity contribution is 5.89. The van der Waals surface area contributed by atoms with Gasteiger partial charge in [0.2, 0.25) is 0 Å². The minimum absolute atomic E-state index is 0.328. The molecule has 3 unspecified atom stereocenters. The molecule has 2 aliphatic rings. The zero-order valence-corrected chi connectivity index (χ0v) is 10.2. The number of carbonyl (C=O) groups excluding carboxylic acids is 1. The molecule has 0 aromatic carbocycles. The number of fused-ring (bicyclic) bond motifs is 1. The Morgan fingerprint density at radius 2 is 2.33 bits per heavy atom. The molecule has 1 N–H and O–H groups in total. The lowest BCUT2D eigenvalue weighted by Gasteiger charge is -2.20. The first-order valence-corrected chi connectivity index (χ1v) is 6.52. The summed E-state index contributed by atoms with van der Waals surface area (Å²) in [6.45, 7) is 0.523. The van der Waals surface area contributed by atoms with Gasteiger partial charge in [0.25, 0.3) is 0 Å². The molecule has 4 nitrogen and oxygen atoms in total. The van der Waals surface area contributed by atoms with Gasteiger partial charge in [0.1, 0.15) is 11.8 Å².